The third-order valence-corrected chi connectivity index (χ3v) is 9.31. The van der Waals surface area contributed by atoms with Gasteiger partial charge >= 0.3 is 5.63 Å². The minimum Gasteiger partial charge on any atom is -0.748 e. The SMILES string of the molecule is CC1(C)C(/C=C/c2cc3cc4c(cc3oc2=O)C#CCCS(=O)C4)=[N+](CCCCS(=O)(=O)[O-])c2ccccc21. The minimum absolute atomic E-state index is 0.273. The zero-order valence-corrected chi connectivity index (χ0v) is 23.5. The summed E-state index contributed by atoms with van der Waals surface area (Å²) >= 11 is 0. The summed E-state index contributed by atoms with van der Waals surface area (Å²) in [5.74, 6) is 6.71. The maximum atomic E-state index is 12.9. The van der Waals surface area contributed by atoms with Gasteiger partial charge in [0.15, 0.2) is 5.71 Å². The van der Waals surface area contributed by atoms with Crippen molar-refractivity contribution in [2.75, 3.05) is 18.1 Å². The first-order chi connectivity index (χ1) is 18.5. The molecule has 39 heavy (non-hydrogen) atoms. The van der Waals surface area contributed by atoms with Crippen molar-refractivity contribution in [1.29, 1.82) is 0 Å². The van der Waals surface area contributed by atoms with Crippen LogP contribution < -0.4 is 5.63 Å². The van der Waals surface area contributed by atoms with Crippen LogP contribution in [0.3, 0.4) is 0 Å². The summed E-state index contributed by atoms with van der Waals surface area (Å²) in [6.07, 6.45) is 5.03. The standard InChI is InChI=1S/C30H29NO6S2/c1-30(2)25-10-3-4-11-26(25)31(14-6-8-16-39(34,35)36)28(30)13-12-22-17-23-18-24-20-38(33)15-7-5-9-21(24)19-27(23)37-29(22)32/h3-4,10-13,17-19H,6-8,14-16,20H2,1-2H3/b13-12+. The Hall–Kier alpha value is -3.32. The molecule has 0 aliphatic carbocycles. The zero-order chi connectivity index (χ0) is 27.8. The zero-order valence-electron chi connectivity index (χ0n) is 21.9. The van der Waals surface area contributed by atoms with Crippen LogP contribution in [0.1, 0.15) is 55.4 Å². The first kappa shape index (κ1) is 27.3. The molecule has 0 amide bonds. The van der Waals surface area contributed by atoms with Crippen LogP contribution in [0.25, 0.3) is 17.0 Å². The van der Waals surface area contributed by atoms with Crippen LogP contribution in [0.4, 0.5) is 5.69 Å². The van der Waals surface area contributed by atoms with Crippen molar-refractivity contribution >= 4 is 49.4 Å². The third kappa shape index (κ3) is 5.83. The molecule has 1 aromatic heterocycles. The third-order valence-electron chi connectivity index (χ3n) is 7.23. The van der Waals surface area contributed by atoms with Gasteiger partial charge in [0.2, 0.25) is 5.69 Å². The molecule has 2 aliphatic rings. The lowest BCUT2D eigenvalue weighted by atomic mass is 9.81. The van der Waals surface area contributed by atoms with E-state index in [0.29, 0.717) is 42.0 Å². The molecule has 1 unspecified atom stereocenters. The molecule has 0 fully saturated rings. The fourth-order valence-electron chi connectivity index (χ4n) is 5.25. The summed E-state index contributed by atoms with van der Waals surface area (Å²) in [5.41, 5.74) is 4.70. The molecule has 0 saturated carbocycles. The molecular formula is C30H29NO6S2. The van der Waals surface area contributed by atoms with Gasteiger partial charge in [0.25, 0.3) is 0 Å². The van der Waals surface area contributed by atoms with Crippen LogP contribution in [-0.2, 0) is 32.1 Å². The minimum atomic E-state index is -4.26. The van der Waals surface area contributed by atoms with Gasteiger partial charge in [0.1, 0.15) is 12.1 Å². The van der Waals surface area contributed by atoms with Gasteiger partial charge in [-0.2, -0.15) is 4.58 Å². The number of para-hydroxylation sites is 1. The van der Waals surface area contributed by atoms with Gasteiger partial charge in [0.05, 0.1) is 21.1 Å². The number of hydrogen-bond donors (Lipinski definition) is 0. The fraction of sp³-hybridized carbons (Fsp3) is 0.333. The van der Waals surface area contributed by atoms with E-state index in [0.717, 1.165) is 33.5 Å². The Bertz CT molecular complexity index is 1790. The van der Waals surface area contributed by atoms with Gasteiger partial charge in [-0.3, -0.25) is 4.21 Å². The average molecular weight is 564 g/mol. The fourth-order valence-corrected chi connectivity index (χ4v) is 6.87. The second kappa shape index (κ2) is 10.7. The average Bonchev–Trinajstić information content (AvgIpc) is 3.08. The van der Waals surface area contributed by atoms with E-state index < -0.39 is 32.3 Å². The molecule has 0 bridgehead atoms. The van der Waals surface area contributed by atoms with Crippen molar-refractivity contribution in [1.82, 2.24) is 0 Å². The Morgan fingerprint density at radius 3 is 2.74 bits per heavy atom. The van der Waals surface area contributed by atoms with E-state index in [-0.39, 0.29) is 11.8 Å². The van der Waals surface area contributed by atoms with E-state index >= 15 is 0 Å². The predicted molar refractivity (Wildman–Crippen MR) is 153 cm³/mol. The number of allylic oxidation sites excluding steroid dienone is 1. The summed E-state index contributed by atoms with van der Waals surface area (Å²) in [4.78, 5) is 12.9. The quantitative estimate of drug-likeness (QED) is 0.140. The monoisotopic (exact) mass is 563 g/mol. The second-order valence-corrected chi connectivity index (χ2v) is 13.5. The van der Waals surface area contributed by atoms with E-state index in [1.807, 2.05) is 30.3 Å². The first-order valence-corrected chi connectivity index (χ1v) is 15.9. The number of rotatable bonds is 7. The van der Waals surface area contributed by atoms with Gasteiger partial charge in [-0.25, -0.2) is 13.2 Å². The molecule has 2 aliphatic heterocycles. The molecule has 0 saturated heterocycles. The maximum absolute atomic E-state index is 12.9. The molecule has 3 heterocycles. The summed E-state index contributed by atoms with van der Waals surface area (Å²) in [5, 5.41) is 0.738. The van der Waals surface area contributed by atoms with E-state index in [1.165, 1.54) is 0 Å². The number of nitrogens with zero attached hydrogens (tertiary/aromatic N) is 1. The van der Waals surface area contributed by atoms with Crippen molar-refractivity contribution in [3.05, 3.63) is 81.2 Å². The van der Waals surface area contributed by atoms with Gasteiger partial charge in [-0.1, -0.05) is 30.0 Å². The summed E-state index contributed by atoms with van der Waals surface area (Å²) in [7, 11) is -5.25. The molecule has 3 aromatic rings. The number of hydrogen-bond acceptors (Lipinski definition) is 6. The van der Waals surface area contributed by atoms with Crippen LogP contribution >= 0.6 is 0 Å². The Morgan fingerprint density at radius 2 is 1.95 bits per heavy atom. The Labute approximate surface area is 230 Å². The highest BCUT2D eigenvalue weighted by Crippen LogP contribution is 2.40. The molecule has 0 spiro atoms. The lowest BCUT2D eigenvalue weighted by molar-refractivity contribution is -0.438. The molecule has 202 valence electrons. The summed E-state index contributed by atoms with van der Waals surface area (Å²) in [6, 6.07) is 13.5. The van der Waals surface area contributed by atoms with E-state index in [1.54, 1.807) is 18.2 Å². The van der Waals surface area contributed by atoms with Crippen molar-refractivity contribution < 1.29 is 26.2 Å². The van der Waals surface area contributed by atoms with Crippen LogP contribution in [0.2, 0.25) is 0 Å². The van der Waals surface area contributed by atoms with Gasteiger partial charge in [0, 0.05) is 69.6 Å². The molecule has 0 radical (unpaired) electrons. The Morgan fingerprint density at radius 1 is 1.15 bits per heavy atom. The van der Waals surface area contributed by atoms with Crippen LogP contribution in [0.5, 0.6) is 0 Å². The largest absolute Gasteiger partial charge is 0.748 e. The van der Waals surface area contributed by atoms with Gasteiger partial charge < -0.3 is 8.97 Å². The van der Waals surface area contributed by atoms with Gasteiger partial charge in [-0.05, 0) is 50.1 Å². The van der Waals surface area contributed by atoms with E-state index in [2.05, 4.69) is 36.3 Å². The van der Waals surface area contributed by atoms with Crippen LogP contribution in [0.15, 0.2) is 57.8 Å². The van der Waals surface area contributed by atoms with Crippen molar-refractivity contribution in [2.45, 2.75) is 44.3 Å². The number of fused-ring (bicyclic) bond motifs is 3. The molecule has 1 atom stereocenters. The maximum Gasteiger partial charge on any atom is 0.343 e. The first-order valence-electron chi connectivity index (χ1n) is 12.8. The van der Waals surface area contributed by atoms with Crippen molar-refractivity contribution in [3.63, 3.8) is 0 Å². The normalized spacial score (nSPS) is 18.4. The predicted octanol–water partition coefficient (Wildman–Crippen LogP) is 4.21. The molecule has 5 rings (SSSR count). The highest BCUT2D eigenvalue weighted by atomic mass is 32.2. The highest BCUT2D eigenvalue weighted by molar-refractivity contribution is 7.85. The molecule has 2 aromatic carbocycles. The van der Waals surface area contributed by atoms with Crippen LogP contribution in [-0.4, -0.2) is 45.5 Å². The molecule has 0 N–H and O–H groups in total. The molecule has 9 heteroatoms. The highest BCUT2D eigenvalue weighted by Gasteiger charge is 2.43. The molecule has 7 nitrogen and oxygen atoms in total. The Kier molecular flexibility index (Phi) is 7.47. The second-order valence-electron chi connectivity index (χ2n) is 10.4. The van der Waals surface area contributed by atoms with Gasteiger partial charge in [-0.15, -0.1) is 0 Å². The van der Waals surface area contributed by atoms with E-state index in [9.17, 15) is 22.0 Å². The van der Waals surface area contributed by atoms with E-state index in [4.69, 9.17) is 4.42 Å². The summed E-state index contributed by atoms with van der Waals surface area (Å²) < 4.78 is 53.3. The lowest BCUT2D eigenvalue weighted by Gasteiger charge is -2.15. The lowest BCUT2D eigenvalue weighted by Crippen LogP contribution is -2.28. The Balaban J connectivity index is 1.52. The van der Waals surface area contributed by atoms with Crippen LogP contribution in [0, 0.1) is 11.8 Å². The smallest absolute Gasteiger partial charge is 0.343 e. The van der Waals surface area contributed by atoms with Crippen molar-refractivity contribution in [2.24, 2.45) is 0 Å². The number of benzene rings is 2. The van der Waals surface area contributed by atoms with Crippen molar-refractivity contribution in [3.8, 4) is 11.8 Å². The number of unbranched alkanes of at least 4 members (excludes halogenated alkanes) is 1. The summed E-state index contributed by atoms with van der Waals surface area (Å²) in [6.45, 7) is 4.75. The topological polar surface area (TPSA) is 107 Å². The molecular weight excluding hydrogens is 534 g/mol.